The van der Waals surface area contributed by atoms with Crippen molar-refractivity contribution < 1.29 is 27.0 Å². The monoisotopic (exact) mass is 512 g/mol. The highest BCUT2D eigenvalue weighted by Crippen LogP contribution is 2.31. The van der Waals surface area contributed by atoms with Crippen molar-refractivity contribution in [2.24, 2.45) is 0 Å². The van der Waals surface area contributed by atoms with Crippen LogP contribution in [0.5, 0.6) is 11.5 Å². The SMILES string of the molecule is COc1ccc(CN(Cc2ccc(OC)cc2)S(=O)(=O)[C@H](C)[C@H](OC)c2ccc(F)cc2C#N)cc1. The zero-order chi connectivity index (χ0) is 26.3. The molecule has 36 heavy (non-hydrogen) atoms. The van der Waals surface area contributed by atoms with Gasteiger partial charge in [0.2, 0.25) is 10.0 Å². The molecule has 0 aromatic heterocycles. The maximum atomic E-state index is 14.0. The van der Waals surface area contributed by atoms with Crippen LogP contribution in [0.3, 0.4) is 0 Å². The Labute approximate surface area is 211 Å². The van der Waals surface area contributed by atoms with Crippen molar-refractivity contribution in [1.82, 2.24) is 4.31 Å². The van der Waals surface area contributed by atoms with Gasteiger partial charge in [-0.1, -0.05) is 30.3 Å². The van der Waals surface area contributed by atoms with Gasteiger partial charge in [0.15, 0.2) is 0 Å². The molecule has 0 saturated carbocycles. The number of benzene rings is 3. The minimum Gasteiger partial charge on any atom is -0.497 e. The van der Waals surface area contributed by atoms with E-state index in [2.05, 4.69) is 0 Å². The van der Waals surface area contributed by atoms with Crippen molar-refractivity contribution in [3.63, 3.8) is 0 Å². The minimum absolute atomic E-state index is 0.0285. The van der Waals surface area contributed by atoms with Crippen LogP contribution >= 0.6 is 0 Å². The zero-order valence-corrected chi connectivity index (χ0v) is 21.5. The molecule has 190 valence electrons. The van der Waals surface area contributed by atoms with Crippen LogP contribution < -0.4 is 9.47 Å². The summed E-state index contributed by atoms with van der Waals surface area (Å²) in [7, 11) is 0.518. The molecule has 9 heteroatoms. The standard InChI is InChI=1S/C27H29FN2O5S/c1-19(27(35-4)26-14-9-23(28)15-22(26)16-29)36(31,32)30(17-20-5-10-24(33-2)11-6-20)18-21-7-12-25(34-3)13-8-21/h5-15,19,27H,17-18H2,1-4H3/t19-,27+/m1/s1. The Morgan fingerprint density at radius 1 is 0.889 bits per heavy atom. The molecule has 0 fully saturated rings. The van der Waals surface area contributed by atoms with Gasteiger partial charge in [-0.25, -0.2) is 12.8 Å². The second kappa shape index (κ2) is 12.0. The number of nitrogens with zero attached hydrogens (tertiary/aromatic N) is 2. The summed E-state index contributed by atoms with van der Waals surface area (Å²) in [5.41, 5.74) is 1.88. The van der Waals surface area contributed by atoms with Crippen LogP contribution in [0, 0.1) is 17.1 Å². The summed E-state index contributed by atoms with van der Waals surface area (Å²) < 4.78 is 59.0. The highest BCUT2D eigenvalue weighted by molar-refractivity contribution is 7.89. The number of hydrogen-bond donors (Lipinski definition) is 0. The summed E-state index contributed by atoms with van der Waals surface area (Å²) in [4.78, 5) is 0. The summed E-state index contributed by atoms with van der Waals surface area (Å²) in [6.45, 7) is 1.74. The van der Waals surface area contributed by atoms with Crippen LogP contribution in [-0.4, -0.2) is 39.3 Å². The highest BCUT2D eigenvalue weighted by atomic mass is 32.2. The van der Waals surface area contributed by atoms with Gasteiger partial charge in [-0.05, 0) is 54.4 Å². The summed E-state index contributed by atoms with van der Waals surface area (Å²) >= 11 is 0. The van der Waals surface area contributed by atoms with Gasteiger partial charge in [0.1, 0.15) is 28.7 Å². The van der Waals surface area contributed by atoms with Gasteiger partial charge in [0.05, 0.1) is 25.9 Å². The van der Waals surface area contributed by atoms with Crippen LogP contribution in [-0.2, 0) is 27.8 Å². The second-order valence-electron chi connectivity index (χ2n) is 8.21. The number of ether oxygens (including phenoxy) is 3. The Kier molecular flexibility index (Phi) is 9.04. The molecule has 0 aliphatic heterocycles. The lowest BCUT2D eigenvalue weighted by molar-refractivity contribution is 0.100. The van der Waals surface area contributed by atoms with E-state index in [4.69, 9.17) is 14.2 Å². The molecule has 0 radical (unpaired) electrons. The van der Waals surface area contributed by atoms with Gasteiger partial charge >= 0.3 is 0 Å². The molecule has 3 aromatic rings. The smallest absolute Gasteiger partial charge is 0.220 e. The van der Waals surface area contributed by atoms with Crippen molar-refractivity contribution in [3.05, 3.63) is 94.8 Å². The minimum atomic E-state index is -3.98. The molecular formula is C27H29FN2O5S. The maximum Gasteiger partial charge on any atom is 0.220 e. The lowest BCUT2D eigenvalue weighted by Crippen LogP contribution is -2.40. The van der Waals surface area contributed by atoms with Crippen molar-refractivity contribution in [1.29, 1.82) is 5.26 Å². The predicted molar refractivity (Wildman–Crippen MR) is 134 cm³/mol. The Balaban J connectivity index is 1.99. The molecule has 0 unspecified atom stereocenters. The number of nitriles is 1. The first kappa shape index (κ1) is 27.1. The molecule has 7 nitrogen and oxygen atoms in total. The van der Waals surface area contributed by atoms with E-state index < -0.39 is 27.2 Å². The number of methoxy groups -OCH3 is 3. The third-order valence-corrected chi connectivity index (χ3v) is 8.15. The quantitative estimate of drug-likeness (QED) is 0.366. The summed E-state index contributed by atoms with van der Waals surface area (Å²) in [5.74, 6) is 0.745. The molecule has 0 spiro atoms. The fraction of sp³-hybridized carbons (Fsp3) is 0.296. The van der Waals surface area contributed by atoms with E-state index in [1.807, 2.05) is 30.3 Å². The van der Waals surface area contributed by atoms with Crippen LogP contribution in [0.2, 0.25) is 0 Å². The van der Waals surface area contributed by atoms with Gasteiger partial charge in [-0.15, -0.1) is 0 Å². The lowest BCUT2D eigenvalue weighted by atomic mass is 10.0. The van der Waals surface area contributed by atoms with Crippen molar-refractivity contribution in [3.8, 4) is 17.6 Å². The Morgan fingerprint density at radius 3 is 1.81 bits per heavy atom. The molecule has 2 atom stereocenters. The number of halogens is 1. The van der Waals surface area contributed by atoms with Gasteiger partial charge in [-0.3, -0.25) is 0 Å². The van der Waals surface area contributed by atoms with E-state index >= 15 is 0 Å². The Morgan fingerprint density at radius 2 is 1.39 bits per heavy atom. The largest absolute Gasteiger partial charge is 0.497 e. The number of rotatable bonds is 11. The van der Waals surface area contributed by atoms with Crippen LogP contribution in [0.15, 0.2) is 66.7 Å². The lowest BCUT2D eigenvalue weighted by Gasteiger charge is -2.30. The van der Waals surface area contributed by atoms with E-state index in [1.54, 1.807) is 38.5 Å². The average molecular weight is 513 g/mol. The number of hydrogen-bond acceptors (Lipinski definition) is 6. The molecule has 0 saturated heterocycles. The first-order valence-electron chi connectivity index (χ1n) is 11.2. The van der Waals surface area contributed by atoms with Crippen LogP contribution in [0.4, 0.5) is 4.39 Å². The third-order valence-electron chi connectivity index (χ3n) is 5.99. The molecule has 0 bridgehead atoms. The van der Waals surface area contributed by atoms with Crippen molar-refractivity contribution >= 4 is 10.0 Å². The van der Waals surface area contributed by atoms with E-state index in [9.17, 15) is 18.1 Å². The van der Waals surface area contributed by atoms with Gasteiger partial charge in [-0.2, -0.15) is 9.57 Å². The van der Waals surface area contributed by atoms with Gasteiger partial charge in [0.25, 0.3) is 0 Å². The fourth-order valence-corrected chi connectivity index (χ4v) is 5.64. The first-order valence-corrected chi connectivity index (χ1v) is 12.7. The normalized spacial score (nSPS) is 13.1. The Bertz CT molecular complexity index is 1260. The Hall–Kier alpha value is -3.45. The molecule has 3 rings (SSSR count). The third kappa shape index (κ3) is 6.21. The second-order valence-corrected chi connectivity index (χ2v) is 10.5. The van der Waals surface area contributed by atoms with E-state index in [1.165, 1.54) is 30.5 Å². The zero-order valence-electron chi connectivity index (χ0n) is 20.6. The molecular weight excluding hydrogens is 483 g/mol. The van der Waals surface area contributed by atoms with Crippen molar-refractivity contribution in [2.45, 2.75) is 31.4 Å². The van der Waals surface area contributed by atoms with Gasteiger partial charge < -0.3 is 14.2 Å². The summed E-state index contributed by atoms with van der Waals surface area (Å²) in [5, 5.41) is 8.43. The average Bonchev–Trinajstić information content (AvgIpc) is 2.90. The molecule has 0 aliphatic carbocycles. The topological polar surface area (TPSA) is 88.9 Å². The molecule has 0 aliphatic rings. The fourth-order valence-electron chi connectivity index (χ4n) is 3.94. The number of sulfonamides is 1. The van der Waals surface area contributed by atoms with Crippen molar-refractivity contribution in [2.75, 3.05) is 21.3 Å². The summed E-state index contributed by atoms with van der Waals surface area (Å²) in [6.07, 6.45) is -0.987. The molecule has 0 amide bonds. The van der Waals surface area contributed by atoms with E-state index in [0.29, 0.717) is 17.1 Å². The molecule has 0 heterocycles. The molecule has 3 aromatic carbocycles. The first-order chi connectivity index (χ1) is 17.2. The summed E-state index contributed by atoms with van der Waals surface area (Å²) in [6, 6.07) is 19.9. The van der Waals surface area contributed by atoms with Gasteiger partial charge in [0, 0.05) is 25.8 Å². The van der Waals surface area contributed by atoms with Crippen LogP contribution in [0.1, 0.15) is 35.3 Å². The predicted octanol–water partition coefficient (Wildman–Crippen LogP) is 4.82. The highest BCUT2D eigenvalue weighted by Gasteiger charge is 2.37. The van der Waals surface area contributed by atoms with Crippen LogP contribution in [0.25, 0.3) is 0 Å². The maximum absolute atomic E-state index is 14.0. The van der Waals surface area contributed by atoms with E-state index in [0.717, 1.165) is 17.2 Å². The molecule has 0 N–H and O–H groups in total. The van der Waals surface area contributed by atoms with E-state index in [-0.39, 0.29) is 18.7 Å².